The zero-order chi connectivity index (χ0) is 12.3. The molecule has 1 aliphatic heterocycles. The highest BCUT2D eigenvalue weighted by molar-refractivity contribution is 5.82. The number of hydrogen-bond acceptors (Lipinski definition) is 2. The van der Waals surface area contributed by atoms with Crippen LogP contribution in [-0.4, -0.2) is 36.0 Å². The second-order valence-electron chi connectivity index (χ2n) is 5.88. The standard InChI is InChI=1S/C14H26N2O/c1-11(2)16(10-12-7-8-12)14(17)13-6-4-3-5-9-15-13/h11-13,15H,3-10H2,1-2H3. The predicted octanol–water partition coefficient (Wildman–Crippen LogP) is 2.17. The largest absolute Gasteiger partial charge is 0.339 e. The molecule has 3 heteroatoms. The third kappa shape index (κ3) is 3.70. The zero-order valence-electron chi connectivity index (χ0n) is 11.2. The second-order valence-corrected chi connectivity index (χ2v) is 5.88. The van der Waals surface area contributed by atoms with Crippen LogP contribution < -0.4 is 5.32 Å². The van der Waals surface area contributed by atoms with E-state index in [0.717, 1.165) is 25.4 Å². The van der Waals surface area contributed by atoms with Crippen LogP contribution in [0.25, 0.3) is 0 Å². The molecule has 1 unspecified atom stereocenters. The van der Waals surface area contributed by atoms with E-state index in [4.69, 9.17) is 0 Å². The van der Waals surface area contributed by atoms with Crippen LogP contribution in [0.2, 0.25) is 0 Å². The summed E-state index contributed by atoms with van der Waals surface area (Å²) in [5.74, 6) is 1.13. The van der Waals surface area contributed by atoms with Crippen LogP contribution in [0.4, 0.5) is 0 Å². The van der Waals surface area contributed by atoms with Crippen molar-refractivity contribution in [2.24, 2.45) is 5.92 Å². The summed E-state index contributed by atoms with van der Waals surface area (Å²) < 4.78 is 0. The van der Waals surface area contributed by atoms with Crippen molar-refractivity contribution in [3.63, 3.8) is 0 Å². The molecule has 2 fully saturated rings. The van der Waals surface area contributed by atoms with Gasteiger partial charge in [-0.15, -0.1) is 0 Å². The van der Waals surface area contributed by atoms with Gasteiger partial charge in [-0.05, 0) is 52.0 Å². The molecule has 0 bridgehead atoms. The van der Waals surface area contributed by atoms with Crippen LogP contribution >= 0.6 is 0 Å². The Morgan fingerprint density at radius 2 is 2.00 bits per heavy atom. The minimum atomic E-state index is 0.0821. The normalized spacial score (nSPS) is 25.7. The van der Waals surface area contributed by atoms with Crippen LogP contribution in [-0.2, 0) is 4.79 Å². The average molecular weight is 238 g/mol. The maximum atomic E-state index is 12.5. The van der Waals surface area contributed by atoms with Gasteiger partial charge in [-0.2, -0.15) is 0 Å². The summed E-state index contributed by atoms with van der Waals surface area (Å²) in [6.45, 7) is 6.26. The first-order valence-corrected chi connectivity index (χ1v) is 7.22. The van der Waals surface area contributed by atoms with Crippen LogP contribution in [0.3, 0.4) is 0 Å². The zero-order valence-corrected chi connectivity index (χ0v) is 11.2. The van der Waals surface area contributed by atoms with Gasteiger partial charge in [-0.3, -0.25) is 4.79 Å². The topological polar surface area (TPSA) is 32.3 Å². The molecule has 0 aromatic rings. The highest BCUT2D eigenvalue weighted by Gasteiger charge is 2.31. The summed E-state index contributed by atoms with van der Waals surface area (Å²) in [6, 6.07) is 0.423. The molecule has 3 nitrogen and oxygen atoms in total. The molecule has 1 atom stereocenters. The van der Waals surface area contributed by atoms with Crippen molar-refractivity contribution in [1.29, 1.82) is 0 Å². The minimum Gasteiger partial charge on any atom is -0.339 e. The lowest BCUT2D eigenvalue weighted by atomic mass is 10.1. The first-order chi connectivity index (χ1) is 8.18. The van der Waals surface area contributed by atoms with E-state index in [-0.39, 0.29) is 6.04 Å². The van der Waals surface area contributed by atoms with Gasteiger partial charge in [0.1, 0.15) is 0 Å². The van der Waals surface area contributed by atoms with Gasteiger partial charge < -0.3 is 10.2 Å². The molecule has 1 N–H and O–H groups in total. The Hall–Kier alpha value is -0.570. The van der Waals surface area contributed by atoms with Gasteiger partial charge in [0.2, 0.25) is 5.91 Å². The Bertz CT molecular complexity index is 253. The molecule has 1 saturated carbocycles. The minimum absolute atomic E-state index is 0.0821. The Morgan fingerprint density at radius 1 is 1.24 bits per heavy atom. The van der Waals surface area contributed by atoms with E-state index < -0.39 is 0 Å². The van der Waals surface area contributed by atoms with E-state index in [2.05, 4.69) is 24.1 Å². The second kappa shape index (κ2) is 5.85. The van der Waals surface area contributed by atoms with Gasteiger partial charge in [-0.1, -0.05) is 12.8 Å². The van der Waals surface area contributed by atoms with Crippen molar-refractivity contribution in [2.45, 2.75) is 64.5 Å². The lowest BCUT2D eigenvalue weighted by molar-refractivity contribution is -0.135. The Labute approximate surface area is 105 Å². The van der Waals surface area contributed by atoms with E-state index in [9.17, 15) is 4.79 Å². The quantitative estimate of drug-likeness (QED) is 0.814. The number of amides is 1. The maximum Gasteiger partial charge on any atom is 0.239 e. The fourth-order valence-corrected chi connectivity index (χ4v) is 2.57. The Morgan fingerprint density at radius 3 is 2.65 bits per heavy atom. The third-order valence-corrected chi connectivity index (χ3v) is 3.92. The monoisotopic (exact) mass is 238 g/mol. The van der Waals surface area contributed by atoms with Crippen molar-refractivity contribution >= 4 is 5.91 Å². The molecule has 2 aliphatic rings. The lowest BCUT2D eigenvalue weighted by Gasteiger charge is -2.30. The molecular formula is C14H26N2O. The summed E-state index contributed by atoms with van der Waals surface area (Å²) in [6.07, 6.45) is 7.32. The van der Waals surface area contributed by atoms with Crippen molar-refractivity contribution in [3.05, 3.63) is 0 Å². The fourth-order valence-electron chi connectivity index (χ4n) is 2.57. The van der Waals surface area contributed by atoms with Crippen molar-refractivity contribution < 1.29 is 4.79 Å². The summed E-state index contributed by atoms with van der Waals surface area (Å²) in [4.78, 5) is 14.6. The molecule has 1 saturated heterocycles. The van der Waals surface area contributed by atoms with E-state index >= 15 is 0 Å². The number of carbonyl (C=O) groups excluding carboxylic acids is 1. The molecular weight excluding hydrogens is 212 g/mol. The van der Waals surface area contributed by atoms with Gasteiger partial charge in [0.15, 0.2) is 0 Å². The first kappa shape index (κ1) is 12.9. The van der Waals surface area contributed by atoms with Crippen LogP contribution in [0.1, 0.15) is 52.4 Å². The Balaban J connectivity index is 1.93. The summed E-state index contributed by atoms with van der Waals surface area (Å²) in [5.41, 5.74) is 0. The molecule has 0 aromatic carbocycles. The fraction of sp³-hybridized carbons (Fsp3) is 0.929. The molecule has 0 spiro atoms. The van der Waals surface area contributed by atoms with E-state index in [1.54, 1.807) is 0 Å². The van der Waals surface area contributed by atoms with Gasteiger partial charge in [0.25, 0.3) is 0 Å². The molecule has 0 aromatic heterocycles. The van der Waals surface area contributed by atoms with Gasteiger partial charge in [-0.25, -0.2) is 0 Å². The molecule has 2 rings (SSSR count). The lowest BCUT2D eigenvalue weighted by Crippen LogP contribution is -2.49. The van der Waals surface area contributed by atoms with Crippen LogP contribution in [0.5, 0.6) is 0 Å². The molecule has 98 valence electrons. The van der Waals surface area contributed by atoms with Gasteiger partial charge >= 0.3 is 0 Å². The van der Waals surface area contributed by atoms with Crippen molar-refractivity contribution in [1.82, 2.24) is 10.2 Å². The summed E-state index contributed by atoms with van der Waals surface area (Å²) >= 11 is 0. The van der Waals surface area contributed by atoms with E-state index in [0.29, 0.717) is 11.9 Å². The van der Waals surface area contributed by atoms with E-state index in [1.165, 1.54) is 32.1 Å². The summed E-state index contributed by atoms with van der Waals surface area (Å²) in [5, 5.41) is 3.42. The maximum absolute atomic E-state index is 12.5. The first-order valence-electron chi connectivity index (χ1n) is 7.22. The third-order valence-electron chi connectivity index (χ3n) is 3.92. The van der Waals surface area contributed by atoms with Crippen molar-refractivity contribution in [3.8, 4) is 0 Å². The number of nitrogens with one attached hydrogen (secondary N) is 1. The highest BCUT2D eigenvalue weighted by Crippen LogP contribution is 2.30. The Kier molecular flexibility index (Phi) is 4.43. The SMILES string of the molecule is CC(C)N(CC1CC1)C(=O)C1CCCCCN1. The van der Waals surface area contributed by atoms with Crippen LogP contribution in [0.15, 0.2) is 0 Å². The number of hydrogen-bond donors (Lipinski definition) is 1. The smallest absolute Gasteiger partial charge is 0.239 e. The highest BCUT2D eigenvalue weighted by atomic mass is 16.2. The number of carbonyl (C=O) groups is 1. The average Bonchev–Trinajstić information content (AvgIpc) is 3.11. The molecule has 1 heterocycles. The molecule has 1 aliphatic carbocycles. The van der Waals surface area contributed by atoms with E-state index in [1.807, 2.05) is 0 Å². The molecule has 1 amide bonds. The molecule has 0 radical (unpaired) electrons. The molecule has 17 heavy (non-hydrogen) atoms. The number of rotatable bonds is 4. The van der Waals surface area contributed by atoms with Crippen molar-refractivity contribution in [2.75, 3.05) is 13.1 Å². The number of nitrogens with zero attached hydrogens (tertiary/aromatic N) is 1. The summed E-state index contributed by atoms with van der Waals surface area (Å²) in [7, 11) is 0. The predicted molar refractivity (Wildman–Crippen MR) is 69.8 cm³/mol. The van der Waals surface area contributed by atoms with Gasteiger partial charge in [0, 0.05) is 12.6 Å². The van der Waals surface area contributed by atoms with Gasteiger partial charge in [0.05, 0.1) is 6.04 Å². The van der Waals surface area contributed by atoms with Crippen LogP contribution in [0, 0.1) is 5.92 Å².